The molecule has 0 aromatic heterocycles. The molecule has 0 saturated heterocycles. The number of alkyl halides is 3. The average Bonchev–Trinajstić information content (AvgIpc) is 2.24. The van der Waals surface area contributed by atoms with E-state index in [4.69, 9.17) is 0 Å². The first-order valence-electron chi connectivity index (χ1n) is 4.97. The van der Waals surface area contributed by atoms with Gasteiger partial charge in [0.2, 0.25) is 0 Å². The number of carbonyl (C=O) groups is 1. The van der Waals surface area contributed by atoms with E-state index in [-0.39, 0.29) is 5.56 Å². The quantitative estimate of drug-likeness (QED) is 0.473. The Hall–Kier alpha value is -1.85. The summed E-state index contributed by atoms with van der Waals surface area (Å²) in [6, 6.07) is 2.17. The van der Waals surface area contributed by atoms with Crippen molar-refractivity contribution in [1.82, 2.24) is 4.90 Å². The van der Waals surface area contributed by atoms with Gasteiger partial charge in [-0.05, 0) is 18.2 Å². The summed E-state index contributed by atoms with van der Waals surface area (Å²) in [6.45, 7) is 0. The van der Waals surface area contributed by atoms with Gasteiger partial charge in [-0.25, -0.2) is 4.39 Å². The molecule has 2 nitrogen and oxygen atoms in total. The molecule has 0 radical (unpaired) electrons. The summed E-state index contributed by atoms with van der Waals surface area (Å²) in [6.07, 6.45) is -2.29. The Kier molecular flexibility index (Phi) is 4.11. The number of halogens is 4. The van der Waals surface area contributed by atoms with E-state index in [1.54, 1.807) is 19.0 Å². The molecular weight excluding hydrogens is 250 g/mol. The molecule has 0 aliphatic heterocycles. The summed E-state index contributed by atoms with van der Waals surface area (Å²) in [4.78, 5) is 13.1. The molecule has 18 heavy (non-hydrogen) atoms. The second kappa shape index (κ2) is 5.20. The van der Waals surface area contributed by atoms with Crippen LogP contribution in [0.1, 0.15) is 15.9 Å². The van der Waals surface area contributed by atoms with Crippen molar-refractivity contribution in [2.24, 2.45) is 0 Å². The minimum atomic E-state index is -4.81. The fourth-order valence-corrected chi connectivity index (χ4v) is 1.21. The van der Waals surface area contributed by atoms with Gasteiger partial charge < -0.3 is 4.90 Å². The van der Waals surface area contributed by atoms with E-state index in [0.717, 1.165) is 12.1 Å². The normalized spacial score (nSPS) is 11.9. The van der Waals surface area contributed by atoms with Gasteiger partial charge in [-0.3, -0.25) is 4.79 Å². The molecule has 1 aromatic rings. The van der Waals surface area contributed by atoms with Crippen LogP contribution in [0.4, 0.5) is 17.6 Å². The monoisotopic (exact) mass is 261 g/mol. The maximum absolute atomic E-state index is 13.0. The minimum absolute atomic E-state index is 0.207. The first-order chi connectivity index (χ1) is 8.21. The Labute approximate surface area is 102 Å². The first-order valence-corrected chi connectivity index (χ1v) is 4.97. The SMILES string of the molecule is CN(C)/C=C/C(=O)c1ccc(F)c(C(F)(F)F)c1. The molecule has 0 unspecified atom stereocenters. The van der Waals surface area contributed by atoms with E-state index in [2.05, 4.69) is 0 Å². The Balaban J connectivity index is 3.10. The molecule has 0 heterocycles. The predicted octanol–water partition coefficient (Wildman–Crippen LogP) is 3.10. The third-order valence-corrected chi connectivity index (χ3v) is 2.08. The number of benzene rings is 1. The number of hydrogen-bond acceptors (Lipinski definition) is 2. The number of carbonyl (C=O) groups excluding carboxylic acids is 1. The minimum Gasteiger partial charge on any atom is -0.383 e. The molecule has 1 aromatic carbocycles. The summed E-state index contributed by atoms with van der Waals surface area (Å²) in [5.41, 5.74) is -1.64. The molecule has 98 valence electrons. The first kappa shape index (κ1) is 14.2. The second-order valence-electron chi connectivity index (χ2n) is 3.84. The fraction of sp³-hybridized carbons (Fsp3) is 0.250. The van der Waals surface area contributed by atoms with E-state index in [1.165, 1.54) is 6.20 Å². The van der Waals surface area contributed by atoms with Gasteiger partial charge in [-0.1, -0.05) is 0 Å². The Morgan fingerprint density at radius 2 is 1.89 bits per heavy atom. The Morgan fingerprint density at radius 3 is 2.39 bits per heavy atom. The molecule has 0 saturated carbocycles. The van der Waals surface area contributed by atoms with Gasteiger partial charge in [0.15, 0.2) is 5.78 Å². The lowest BCUT2D eigenvalue weighted by molar-refractivity contribution is -0.140. The van der Waals surface area contributed by atoms with Crippen LogP contribution in [0, 0.1) is 5.82 Å². The van der Waals surface area contributed by atoms with Gasteiger partial charge in [0.1, 0.15) is 5.82 Å². The standard InChI is InChI=1S/C12H11F4NO/c1-17(2)6-5-11(18)8-3-4-10(13)9(7-8)12(14,15)16/h3-7H,1-2H3/b6-5+. The summed E-state index contributed by atoms with van der Waals surface area (Å²) >= 11 is 0. The van der Waals surface area contributed by atoms with Gasteiger partial charge in [0.05, 0.1) is 5.56 Å². The lowest BCUT2D eigenvalue weighted by atomic mass is 10.1. The number of ketones is 1. The molecule has 0 aliphatic carbocycles. The van der Waals surface area contributed by atoms with E-state index >= 15 is 0 Å². The Morgan fingerprint density at radius 1 is 1.28 bits per heavy atom. The van der Waals surface area contributed by atoms with Crippen LogP contribution in [0.15, 0.2) is 30.5 Å². The molecule has 1 rings (SSSR count). The van der Waals surface area contributed by atoms with Crippen LogP contribution >= 0.6 is 0 Å². The number of nitrogens with zero attached hydrogens (tertiary/aromatic N) is 1. The molecule has 0 fully saturated rings. The molecule has 6 heteroatoms. The van der Waals surface area contributed by atoms with Crippen molar-refractivity contribution in [2.45, 2.75) is 6.18 Å². The van der Waals surface area contributed by atoms with Crippen molar-refractivity contribution >= 4 is 5.78 Å². The average molecular weight is 261 g/mol. The van der Waals surface area contributed by atoms with Crippen molar-refractivity contribution in [2.75, 3.05) is 14.1 Å². The van der Waals surface area contributed by atoms with Crippen LogP contribution in [0.2, 0.25) is 0 Å². The third kappa shape index (κ3) is 3.58. The van der Waals surface area contributed by atoms with Crippen LogP contribution in [0.25, 0.3) is 0 Å². The highest BCUT2D eigenvalue weighted by Crippen LogP contribution is 2.31. The topological polar surface area (TPSA) is 20.3 Å². The Bertz CT molecular complexity index is 477. The van der Waals surface area contributed by atoms with Gasteiger partial charge >= 0.3 is 6.18 Å². The van der Waals surface area contributed by atoms with Crippen molar-refractivity contribution in [3.63, 3.8) is 0 Å². The van der Waals surface area contributed by atoms with Gasteiger partial charge in [0, 0.05) is 31.9 Å². The van der Waals surface area contributed by atoms with Gasteiger partial charge in [0.25, 0.3) is 0 Å². The third-order valence-electron chi connectivity index (χ3n) is 2.08. The van der Waals surface area contributed by atoms with E-state index in [1.807, 2.05) is 0 Å². The number of hydrogen-bond donors (Lipinski definition) is 0. The number of allylic oxidation sites excluding steroid dienone is 1. The zero-order valence-electron chi connectivity index (χ0n) is 9.75. The van der Waals surface area contributed by atoms with Crippen LogP contribution in [-0.4, -0.2) is 24.8 Å². The molecule has 0 aliphatic rings. The molecule has 0 amide bonds. The maximum Gasteiger partial charge on any atom is 0.419 e. The summed E-state index contributed by atoms with van der Waals surface area (Å²) in [7, 11) is 3.32. The van der Waals surface area contributed by atoms with Crippen molar-refractivity contribution in [3.05, 3.63) is 47.4 Å². The lowest BCUT2D eigenvalue weighted by Gasteiger charge is -2.09. The van der Waals surface area contributed by atoms with Crippen LogP contribution in [0.5, 0.6) is 0 Å². The van der Waals surface area contributed by atoms with Crippen LogP contribution in [0.3, 0.4) is 0 Å². The van der Waals surface area contributed by atoms with Crippen molar-refractivity contribution < 1.29 is 22.4 Å². The zero-order chi connectivity index (χ0) is 13.9. The molecule has 0 spiro atoms. The highest BCUT2D eigenvalue weighted by molar-refractivity contribution is 6.04. The van der Waals surface area contributed by atoms with E-state index in [0.29, 0.717) is 12.1 Å². The number of rotatable bonds is 3. The summed E-state index contributed by atoms with van der Waals surface area (Å²) < 4.78 is 50.3. The maximum atomic E-state index is 13.0. The second-order valence-corrected chi connectivity index (χ2v) is 3.84. The van der Waals surface area contributed by atoms with E-state index < -0.39 is 23.3 Å². The fourth-order valence-electron chi connectivity index (χ4n) is 1.21. The molecule has 0 bridgehead atoms. The van der Waals surface area contributed by atoms with Crippen molar-refractivity contribution in [1.29, 1.82) is 0 Å². The van der Waals surface area contributed by atoms with Gasteiger partial charge in [-0.2, -0.15) is 13.2 Å². The zero-order valence-corrected chi connectivity index (χ0v) is 9.75. The van der Waals surface area contributed by atoms with Gasteiger partial charge in [-0.15, -0.1) is 0 Å². The molecular formula is C12H11F4NO. The largest absolute Gasteiger partial charge is 0.419 e. The van der Waals surface area contributed by atoms with E-state index in [9.17, 15) is 22.4 Å². The smallest absolute Gasteiger partial charge is 0.383 e. The predicted molar refractivity (Wildman–Crippen MR) is 58.6 cm³/mol. The highest BCUT2D eigenvalue weighted by atomic mass is 19.4. The van der Waals surface area contributed by atoms with Crippen molar-refractivity contribution in [3.8, 4) is 0 Å². The van der Waals surface area contributed by atoms with Crippen LogP contribution in [-0.2, 0) is 6.18 Å². The molecule has 0 atom stereocenters. The van der Waals surface area contributed by atoms with Crippen LogP contribution < -0.4 is 0 Å². The molecule has 0 N–H and O–H groups in total. The lowest BCUT2D eigenvalue weighted by Crippen LogP contribution is -2.10. The summed E-state index contributed by atoms with van der Waals surface area (Å²) in [5, 5.41) is 0. The highest BCUT2D eigenvalue weighted by Gasteiger charge is 2.34. The summed E-state index contributed by atoms with van der Waals surface area (Å²) in [5.74, 6) is -2.01.